The van der Waals surface area contributed by atoms with Gasteiger partial charge in [-0.25, -0.2) is 0 Å². The molecule has 0 heterocycles. The minimum Gasteiger partial charge on any atom is -0.507 e. The molecule has 0 radical (unpaired) electrons. The lowest BCUT2D eigenvalue weighted by Gasteiger charge is -2.26. The van der Waals surface area contributed by atoms with Crippen LogP contribution in [0.1, 0.15) is 146 Å². The van der Waals surface area contributed by atoms with Crippen LogP contribution in [0.5, 0.6) is 11.5 Å². The second kappa shape index (κ2) is 14.3. The molecule has 0 amide bonds. The van der Waals surface area contributed by atoms with Gasteiger partial charge in [-0.05, 0) is 85.5 Å². The summed E-state index contributed by atoms with van der Waals surface area (Å²) in [6.07, 6.45) is 16.0. The van der Waals surface area contributed by atoms with Gasteiger partial charge in [0.25, 0.3) is 0 Å². The fourth-order valence-electron chi connectivity index (χ4n) is 5.31. The molecular formula is C35H56O2. The van der Waals surface area contributed by atoms with Crippen LogP contribution in [0.25, 0.3) is 0 Å². The van der Waals surface area contributed by atoms with E-state index in [0.29, 0.717) is 11.5 Å². The van der Waals surface area contributed by atoms with E-state index in [0.717, 1.165) is 47.9 Å². The summed E-state index contributed by atoms with van der Waals surface area (Å²) in [5.41, 5.74) is 7.03. The van der Waals surface area contributed by atoms with Gasteiger partial charge in [0.2, 0.25) is 0 Å². The Morgan fingerprint density at radius 1 is 0.514 bits per heavy atom. The van der Waals surface area contributed by atoms with E-state index in [1.54, 1.807) is 0 Å². The van der Waals surface area contributed by atoms with Crippen molar-refractivity contribution in [3.63, 3.8) is 0 Å². The summed E-state index contributed by atoms with van der Waals surface area (Å²) in [5, 5.41) is 21.1. The molecule has 2 aromatic rings. The summed E-state index contributed by atoms with van der Waals surface area (Å²) < 4.78 is 0. The third kappa shape index (κ3) is 9.08. The van der Waals surface area contributed by atoms with E-state index >= 15 is 0 Å². The molecule has 0 aromatic heterocycles. The Balaban J connectivity index is 1.63. The summed E-state index contributed by atoms with van der Waals surface area (Å²) in [6, 6.07) is 8.85. The quantitative estimate of drug-likeness (QED) is 0.221. The van der Waals surface area contributed by atoms with Crippen molar-refractivity contribution in [1.29, 1.82) is 0 Å². The Bertz CT molecular complexity index is 904. The van der Waals surface area contributed by atoms with Gasteiger partial charge in [0.05, 0.1) is 0 Å². The highest BCUT2D eigenvalue weighted by molar-refractivity contribution is 5.47. The average molecular weight is 509 g/mol. The average Bonchev–Trinajstić information content (AvgIpc) is 2.86. The Morgan fingerprint density at radius 3 is 1.11 bits per heavy atom. The Kier molecular flexibility index (Phi) is 12.1. The first kappa shape index (κ1) is 31.3. The molecule has 2 rings (SSSR count). The lowest BCUT2D eigenvalue weighted by atomic mass is 9.80. The fraction of sp³-hybridized carbons (Fsp3) is 0.657. The van der Waals surface area contributed by atoms with Crippen molar-refractivity contribution in [3.05, 3.63) is 57.6 Å². The van der Waals surface area contributed by atoms with Crippen LogP contribution < -0.4 is 0 Å². The zero-order valence-electron chi connectivity index (χ0n) is 25.4. The second-order valence-corrected chi connectivity index (χ2v) is 12.8. The zero-order valence-corrected chi connectivity index (χ0v) is 25.4. The molecule has 2 nitrogen and oxygen atoms in total. The first-order valence-electron chi connectivity index (χ1n) is 15.1. The van der Waals surface area contributed by atoms with E-state index in [4.69, 9.17) is 0 Å². The van der Waals surface area contributed by atoms with E-state index in [-0.39, 0.29) is 10.8 Å². The van der Waals surface area contributed by atoms with Crippen LogP contribution in [0.3, 0.4) is 0 Å². The molecule has 2 aromatic carbocycles. The van der Waals surface area contributed by atoms with E-state index in [1.807, 2.05) is 13.8 Å². The molecule has 0 saturated carbocycles. The molecule has 0 fully saturated rings. The van der Waals surface area contributed by atoms with Gasteiger partial charge in [0.1, 0.15) is 11.5 Å². The fourth-order valence-corrected chi connectivity index (χ4v) is 5.31. The van der Waals surface area contributed by atoms with Crippen LogP contribution in [0.15, 0.2) is 24.3 Å². The van der Waals surface area contributed by atoms with E-state index in [2.05, 4.69) is 65.8 Å². The van der Waals surface area contributed by atoms with Crippen LogP contribution in [0.4, 0.5) is 0 Å². The maximum absolute atomic E-state index is 10.6. The van der Waals surface area contributed by atoms with Crippen molar-refractivity contribution in [1.82, 2.24) is 0 Å². The van der Waals surface area contributed by atoms with E-state index < -0.39 is 0 Å². The SMILES string of the molecule is CCC(C)(C)c1cc(CCCCCCCCCCCc2cc(C)c(O)c(C(C)(C)CC)c2)cc(C)c1O. The van der Waals surface area contributed by atoms with Gasteiger partial charge in [-0.3, -0.25) is 0 Å². The summed E-state index contributed by atoms with van der Waals surface area (Å²) in [6.45, 7) is 17.4. The molecule has 208 valence electrons. The van der Waals surface area contributed by atoms with Gasteiger partial charge in [0.15, 0.2) is 0 Å². The molecule has 2 heteroatoms. The van der Waals surface area contributed by atoms with Crippen LogP contribution in [-0.2, 0) is 23.7 Å². The van der Waals surface area contributed by atoms with Gasteiger partial charge >= 0.3 is 0 Å². The first-order chi connectivity index (χ1) is 17.4. The van der Waals surface area contributed by atoms with E-state index in [9.17, 15) is 10.2 Å². The van der Waals surface area contributed by atoms with Crippen LogP contribution in [-0.4, -0.2) is 10.2 Å². The predicted molar refractivity (Wildman–Crippen MR) is 161 cm³/mol. The van der Waals surface area contributed by atoms with Crippen LogP contribution in [0, 0.1) is 13.8 Å². The van der Waals surface area contributed by atoms with Crippen molar-refractivity contribution in [2.24, 2.45) is 0 Å². The Labute approximate surface area is 228 Å². The van der Waals surface area contributed by atoms with Gasteiger partial charge in [-0.2, -0.15) is 0 Å². The number of hydrogen-bond acceptors (Lipinski definition) is 2. The van der Waals surface area contributed by atoms with Crippen molar-refractivity contribution in [2.75, 3.05) is 0 Å². The minimum absolute atomic E-state index is 0.0166. The Hall–Kier alpha value is -1.96. The highest BCUT2D eigenvalue weighted by atomic mass is 16.3. The lowest BCUT2D eigenvalue weighted by molar-refractivity contribution is 0.424. The maximum Gasteiger partial charge on any atom is 0.122 e. The summed E-state index contributed by atoms with van der Waals surface area (Å²) in [7, 11) is 0. The minimum atomic E-state index is 0.0166. The number of phenols is 2. The molecule has 0 saturated heterocycles. The third-order valence-electron chi connectivity index (χ3n) is 8.88. The van der Waals surface area contributed by atoms with Crippen LogP contribution >= 0.6 is 0 Å². The molecule has 0 atom stereocenters. The van der Waals surface area contributed by atoms with Crippen molar-refractivity contribution in [2.45, 2.75) is 150 Å². The molecule has 0 aliphatic rings. The smallest absolute Gasteiger partial charge is 0.122 e. The number of hydrogen-bond donors (Lipinski definition) is 2. The molecule has 0 spiro atoms. The van der Waals surface area contributed by atoms with Gasteiger partial charge in [-0.1, -0.05) is 111 Å². The number of rotatable bonds is 16. The summed E-state index contributed by atoms with van der Waals surface area (Å²) in [5.74, 6) is 0.970. The highest BCUT2D eigenvalue weighted by Crippen LogP contribution is 2.38. The van der Waals surface area contributed by atoms with Crippen molar-refractivity contribution >= 4 is 0 Å². The Morgan fingerprint density at radius 2 is 0.811 bits per heavy atom. The molecular weight excluding hydrogens is 452 g/mol. The number of aromatic hydroxyl groups is 2. The zero-order chi connectivity index (χ0) is 27.6. The van der Waals surface area contributed by atoms with Gasteiger partial charge in [-0.15, -0.1) is 0 Å². The molecule has 0 unspecified atom stereocenters. The normalized spacial score (nSPS) is 12.3. The molecule has 0 bridgehead atoms. The van der Waals surface area contributed by atoms with Gasteiger partial charge < -0.3 is 10.2 Å². The monoisotopic (exact) mass is 508 g/mol. The van der Waals surface area contributed by atoms with E-state index in [1.165, 1.54) is 68.9 Å². The molecule has 0 aliphatic heterocycles. The van der Waals surface area contributed by atoms with Crippen molar-refractivity contribution < 1.29 is 10.2 Å². The molecule has 37 heavy (non-hydrogen) atoms. The number of aryl methyl sites for hydroxylation is 4. The maximum atomic E-state index is 10.6. The summed E-state index contributed by atoms with van der Waals surface area (Å²) >= 11 is 0. The highest BCUT2D eigenvalue weighted by Gasteiger charge is 2.24. The van der Waals surface area contributed by atoms with Crippen molar-refractivity contribution in [3.8, 4) is 11.5 Å². The third-order valence-corrected chi connectivity index (χ3v) is 8.88. The summed E-state index contributed by atoms with van der Waals surface area (Å²) in [4.78, 5) is 0. The van der Waals surface area contributed by atoms with Gasteiger partial charge in [0, 0.05) is 11.1 Å². The largest absolute Gasteiger partial charge is 0.507 e. The first-order valence-corrected chi connectivity index (χ1v) is 15.1. The predicted octanol–water partition coefficient (Wildman–Crippen LogP) is 10.4. The second-order valence-electron chi connectivity index (χ2n) is 12.8. The van der Waals surface area contributed by atoms with Crippen LogP contribution in [0.2, 0.25) is 0 Å². The molecule has 0 aliphatic carbocycles. The molecule has 2 N–H and O–H groups in total. The number of benzene rings is 2. The number of unbranched alkanes of at least 4 members (excludes halogenated alkanes) is 8. The topological polar surface area (TPSA) is 40.5 Å². The standard InChI is InChI=1S/C35H56O2/c1-9-34(5,6)30-24-28(22-26(3)32(30)36)20-18-16-14-12-11-13-15-17-19-21-29-23-27(4)33(37)31(25-29)35(7,8)10-2/h22-25,36-37H,9-21H2,1-8H3. The lowest BCUT2D eigenvalue weighted by Crippen LogP contribution is -2.16. The number of phenolic OH excluding ortho intramolecular Hbond substituents is 2.